The van der Waals surface area contributed by atoms with Gasteiger partial charge in [0, 0.05) is 34.6 Å². The van der Waals surface area contributed by atoms with Gasteiger partial charge in [-0.25, -0.2) is 0 Å². The third kappa shape index (κ3) is 5.93. The fraction of sp³-hybridized carbons (Fsp3) is 0.234. The first-order valence-corrected chi connectivity index (χ1v) is 17.8. The second-order valence-electron chi connectivity index (χ2n) is 16.0. The molecule has 0 amide bonds. The van der Waals surface area contributed by atoms with E-state index >= 15 is 0 Å². The van der Waals surface area contributed by atoms with Crippen molar-refractivity contribution in [2.75, 3.05) is 11.5 Å². The lowest BCUT2D eigenvalue weighted by Crippen LogP contribution is -2.29. The van der Waals surface area contributed by atoms with E-state index in [9.17, 15) is 0 Å². The summed E-state index contributed by atoms with van der Waals surface area (Å²) in [5, 5.41) is 0. The normalized spacial score (nSPS) is 13.4. The lowest BCUT2D eigenvalue weighted by atomic mass is 9.67. The van der Waals surface area contributed by atoms with Crippen molar-refractivity contribution in [2.24, 2.45) is 0 Å². The number of nitrogens with two attached hydrogens (primary N) is 2. The van der Waals surface area contributed by atoms with Crippen LogP contribution in [0.5, 0.6) is 23.0 Å². The van der Waals surface area contributed by atoms with Crippen LogP contribution in [0.4, 0.5) is 11.4 Å². The Bertz CT molecular complexity index is 2120. The second kappa shape index (κ2) is 12.4. The fourth-order valence-electron chi connectivity index (χ4n) is 7.74. The maximum absolute atomic E-state index is 6.67. The van der Waals surface area contributed by atoms with Gasteiger partial charge in [0.05, 0.1) is 5.41 Å². The molecule has 4 heteroatoms. The molecule has 0 unspecified atom stereocenters. The largest absolute Gasteiger partial charge is 0.457 e. The van der Waals surface area contributed by atoms with Crippen LogP contribution in [0.1, 0.15) is 86.1 Å². The molecule has 0 bridgehead atoms. The summed E-state index contributed by atoms with van der Waals surface area (Å²) in [7, 11) is 0. The van der Waals surface area contributed by atoms with Gasteiger partial charge >= 0.3 is 0 Å². The van der Waals surface area contributed by atoms with E-state index in [1.807, 2.05) is 24.3 Å². The summed E-state index contributed by atoms with van der Waals surface area (Å²) >= 11 is 0. The minimum atomic E-state index is -0.568. The Morgan fingerprint density at radius 3 is 1.22 bits per heavy atom. The van der Waals surface area contributed by atoms with E-state index in [0.29, 0.717) is 11.4 Å². The van der Waals surface area contributed by atoms with Crippen molar-refractivity contribution in [3.8, 4) is 34.1 Å². The quantitative estimate of drug-likeness (QED) is 0.173. The van der Waals surface area contributed by atoms with Gasteiger partial charge in [0.1, 0.15) is 23.0 Å². The summed E-state index contributed by atoms with van der Waals surface area (Å²) in [4.78, 5) is 0. The predicted octanol–water partition coefficient (Wildman–Crippen LogP) is 12.0. The highest BCUT2D eigenvalue weighted by Gasteiger charge is 2.46. The van der Waals surface area contributed by atoms with Gasteiger partial charge in [-0.15, -0.1) is 0 Å². The molecule has 0 fully saturated rings. The molecule has 6 aromatic carbocycles. The van der Waals surface area contributed by atoms with E-state index in [4.69, 9.17) is 20.9 Å². The first kappa shape index (κ1) is 34.0. The van der Waals surface area contributed by atoms with Gasteiger partial charge in [-0.2, -0.15) is 0 Å². The zero-order chi connectivity index (χ0) is 36.3. The smallest absolute Gasteiger partial charge is 0.133 e. The zero-order valence-electron chi connectivity index (χ0n) is 31.0. The SMILES string of the molecule is Cc1cc(C2(c3ccc(Oc4cc(N)ccc4C(C)(C)C)c(C)c3)c3ccccc3-c3ccccc32)ccc1Oc1cc(N)ccc1C(C)(C)C. The monoisotopic (exact) mass is 672 g/mol. The molecule has 1 aliphatic carbocycles. The predicted molar refractivity (Wildman–Crippen MR) is 212 cm³/mol. The van der Waals surface area contributed by atoms with Crippen LogP contribution in [-0.4, -0.2) is 0 Å². The summed E-state index contributed by atoms with van der Waals surface area (Å²) < 4.78 is 13.3. The van der Waals surface area contributed by atoms with Gasteiger partial charge in [-0.05, 0) is 93.5 Å². The highest BCUT2D eigenvalue weighted by atomic mass is 16.5. The van der Waals surface area contributed by atoms with Crippen LogP contribution < -0.4 is 20.9 Å². The van der Waals surface area contributed by atoms with Gasteiger partial charge in [-0.1, -0.05) is 126 Å². The van der Waals surface area contributed by atoms with E-state index in [0.717, 1.165) is 45.3 Å². The molecule has 0 aliphatic heterocycles. The van der Waals surface area contributed by atoms with Crippen LogP contribution >= 0.6 is 0 Å². The van der Waals surface area contributed by atoms with Gasteiger partial charge in [0.15, 0.2) is 0 Å². The maximum Gasteiger partial charge on any atom is 0.133 e. The fourth-order valence-corrected chi connectivity index (χ4v) is 7.74. The zero-order valence-corrected chi connectivity index (χ0v) is 31.0. The molecule has 0 heterocycles. The number of rotatable bonds is 6. The first-order valence-electron chi connectivity index (χ1n) is 17.8. The van der Waals surface area contributed by atoms with E-state index in [1.54, 1.807) is 0 Å². The Labute approximate surface area is 303 Å². The molecule has 0 saturated heterocycles. The number of benzene rings is 6. The van der Waals surface area contributed by atoms with E-state index in [-0.39, 0.29) is 10.8 Å². The van der Waals surface area contributed by atoms with Crippen molar-refractivity contribution < 1.29 is 9.47 Å². The number of nitrogen functional groups attached to an aromatic ring is 2. The van der Waals surface area contributed by atoms with E-state index in [1.165, 1.54) is 33.4 Å². The van der Waals surface area contributed by atoms with Gasteiger partial charge in [0.25, 0.3) is 0 Å². The highest BCUT2D eigenvalue weighted by molar-refractivity contribution is 5.86. The van der Waals surface area contributed by atoms with Crippen molar-refractivity contribution in [2.45, 2.75) is 71.6 Å². The van der Waals surface area contributed by atoms with Crippen LogP contribution in [0.3, 0.4) is 0 Å². The Morgan fingerprint density at radius 2 is 0.843 bits per heavy atom. The van der Waals surface area contributed by atoms with Crippen molar-refractivity contribution in [3.63, 3.8) is 0 Å². The van der Waals surface area contributed by atoms with Crippen molar-refractivity contribution in [1.82, 2.24) is 0 Å². The summed E-state index contributed by atoms with van der Waals surface area (Å²) in [6.45, 7) is 17.4. The molecule has 0 radical (unpaired) electrons. The molecule has 6 aromatic rings. The molecule has 7 rings (SSSR count). The number of hydrogen-bond donors (Lipinski definition) is 2. The second-order valence-corrected chi connectivity index (χ2v) is 16.0. The van der Waals surface area contributed by atoms with E-state index < -0.39 is 5.41 Å². The van der Waals surface area contributed by atoms with Crippen LogP contribution in [0, 0.1) is 13.8 Å². The molecular weight excluding hydrogens is 625 g/mol. The van der Waals surface area contributed by atoms with E-state index in [2.05, 4.69) is 152 Å². The molecule has 258 valence electrons. The number of hydrogen-bond acceptors (Lipinski definition) is 4. The average Bonchev–Trinajstić information content (AvgIpc) is 3.37. The number of fused-ring (bicyclic) bond motifs is 3. The van der Waals surface area contributed by atoms with Crippen molar-refractivity contribution in [3.05, 3.63) is 166 Å². The lowest BCUT2D eigenvalue weighted by molar-refractivity contribution is 0.452. The third-order valence-electron chi connectivity index (χ3n) is 10.2. The van der Waals surface area contributed by atoms with Crippen LogP contribution in [-0.2, 0) is 16.2 Å². The van der Waals surface area contributed by atoms with Crippen molar-refractivity contribution >= 4 is 11.4 Å². The van der Waals surface area contributed by atoms with Crippen LogP contribution in [0.2, 0.25) is 0 Å². The third-order valence-corrected chi connectivity index (χ3v) is 10.2. The Kier molecular flexibility index (Phi) is 8.25. The Morgan fingerprint density at radius 1 is 0.451 bits per heavy atom. The molecule has 0 saturated carbocycles. The molecule has 1 aliphatic rings. The van der Waals surface area contributed by atoms with Gasteiger partial charge in [-0.3, -0.25) is 0 Å². The molecule has 4 nitrogen and oxygen atoms in total. The summed E-state index contributed by atoms with van der Waals surface area (Å²) in [5.41, 5.74) is 24.7. The first-order chi connectivity index (χ1) is 24.2. The molecule has 0 atom stereocenters. The summed E-state index contributed by atoms with van der Waals surface area (Å²) in [6.07, 6.45) is 0. The van der Waals surface area contributed by atoms with Crippen LogP contribution in [0.25, 0.3) is 11.1 Å². The topological polar surface area (TPSA) is 70.5 Å². The standard InChI is InChI=1S/C47H48N2O2/c1-29-25-31(17-23-41(29)50-43-27-33(48)19-21-39(43)45(3,4)5)47(37-15-11-9-13-35(37)36-14-10-12-16-38(36)47)32-18-24-42(30(2)26-32)51-44-28-34(49)20-22-40(44)46(6,7)8/h9-28H,48-49H2,1-8H3. The van der Waals surface area contributed by atoms with Gasteiger partial charge in [0.2, 0.25) is 0 Å². The van der Waals surface area contributed by atoms with Crippen molar-refractivity contribution in [1.29, 1.82) is 0 Å². The number of anilines is 2. The summed E-state index contributed by atoms with van der Waals surface area (Å²) in [6, 6.07) is 42.8. The maximum atomic E-state index is 6.67. The minimum Gasteiger partial charge on any atom is -0.457 e. The van der Waals surface area contributed by atoms with Crippen LogP contribution in [0.15, 0.2) is 121 Å². The molecule has 4 N–H and O–H groups in total. The van der Waals surface area contributed by atoms with Gasteiger partial charge < -0.3 is 20.9 Å². The average molecular weight is 673 g/mol. The highest BCUT2D eigenvalue weighted by Crippen LogP contribution is 2.57. The molecule has 51 heavy (non-hydrogen) atoms. The lowest BCUT2D eigenvalue weighted by Gasteiger charge is -2.35. The Hall–Kier alpha value is -5.48. The molecule has 0 spiro atoms. The molecular formula is C47H48N2O2. The molecule has 0 aromatic heterocycles. The number of aryl methyl sites for hydroxylation is 2. The minimum absolute atomic E-state index is 0.104. The summed E-state index contributed by atoms with van der Waals surface area (Å²) in [5.74, 6) is 3.18. The number of ether oxygens (including phenoxy) is 2. The Balaban J connectivity index is 1.38.